The Morgan fingerprint density at radius 3 is 2.76 bits per heavy atom. The largest absolute Gasteiger partial charge is 0.494 e. The number of fused-ring (bicyclic) bond motifs is 1. The van der Waals surface area contributed by atoms with Crippen molar-refractivity contribution in [2.45, 2.75) is 13.0 Å². The van der Waals surface area contributed by atoms with E-state index in [4.69, 9.17) is 4.74 Å². The predicted molar refractivity (Wildman–Crippen MR) is 80.4 cm³/mol. The minimum Gasteiger partial charge on any atom is -0.494 e. The van der Waals surface area contributed by atoms with Gasteiger partial charge >= 0.3 is 0 Å². The summed E-state index contributed by atoms with van der Waals surface area (Å²) >= 11 is 0. The summed E-state index contributed by atoms with van der Waals surface area (Å²) in [6.45, 7) is 1.13. The lowest BCUT2D eigenvalue weighted by Crippen LogP contribution is -2.21. The Morgan fingerprint density at radius 2 is 1.90 bits per heavy atom. The predicted octanol–water partition coefficient (Wildman–Crippen LogP) is 2.26. The van der Waals surface area contributed by atoms with Crippen molar-refractivity contribution in [1.82, 2.24) is 14.5 Å². The third-order valence-electron chi connectivity index (χ3n) is 3.15. The fourth-order valence-electron chi connectivity index (χ4n) is 2.10. The van der Waals surface area contributed by atoms with E-state index in [0.29, 0.717) is 24.2 Å². The van der Waals surface area contributed by atoms with E-state index >= 15 is 0 Å². The molecule has 21 heavy (non-hydrogen) atoms. The van der Waals surface area contributed by atoms with Crippen molar-refractivity contribution in [2.75, 3.05) is 6.61 Å². The molecule has 0 atom stereocenters. The quantitative estimate of drug-likeness (QED) is 0.673. The van der Waals surface area contributed by atoms with Crippen molar-refractivity contribution in [3.63, 3.8) is 0 Å². The van der Waals surface area contributed by atoms with E-state index in [0.717, 1.165) is 12.2 Å². The highest BCUT2D eigenvalue weighted by atomic mass is 16.5. The Labute approximate surface area is 121 Å². The van der Waals surface area contributed by atoms with Crippen LogP contribution in [0.15, 0.2) is 59.8 Å². The Hall–Kier alpha value is -2.69. The first-order valence-electron chi connectivity index (χ1n) is 6.82. The SMILES string of the molecule is O=c1c2cccnc2ncn1CCCOc1ccccc1. The maximum absolute atomic E-state index is 12.2. The number of hydrogen-bond donors (Lipinski definition) is 0. The van der Waals surface area contributed by atoms with Crippen LogP contribution in [-0.2, 0) is 6.54 Å². The van der Waals surface area contributed by atoms with Crippen LogP contribution in [0.1, 0.15) is 6.42 Å². The molecule has 2 aromatic heterocycles. The van der Waals surface area contributed by atoms with Crippen molar-refractivity contribution in [3.05, 3.63) is 65.3 Å². The fraction of sp³-hybridized carbons (Fsp3) is 0.188. The summed E-state index contributed by atoms with van der Waals surface area (Å²) in [7, 11) is 0. The first kappa shape index (κ1) is 13.3. The molecule has 1 aromatic carbocycles. The summed E-state index contributed by atoms with van der Waals surface area (Å²) in [5.41, 5.74) is 0.423. The normalized spacial score (nSPS) is 10.7. The second kappa shape index (κ2) is 6.17. The van der Waals surface area contributed by atoms with Gasteiger partial charge in [0.1, 0.15) is 5.75 Å². The summed E-state index contributed by atoms with van der Waals surface area (Å²) in [5.74, 6) is 0.839. The fourth-order valence-corrected chi connectivity index (χ4v) is 2.10. The van der Waals surface area contributed by atoms with Gasteiger partial charge in [-0.25, -0.2) is 9.97 Å². The maximum atomic E-state index is 12.2. The first-order valence-corrected chi connectivity index (χ1v) is 6.82. The third kappa shape index (κ3) is 3.08. The van der Waals surface area contributed by atoms with Crippen LogP contribution in [0, 0.1) is 0 Å². The molecule has 0 fully saturated rings. The van der Waals surface area contributed by atoms with Gasteiger partial charge < -0.3 is 4.74 Å². The zero-order chi connectivity index (χ0) is 14.5. The highest BCUT2D eigenvalue weighted by Gasteiger charge is 2.03. The molecule has 5 heteroatoms. The maximum Gasteiger partial charge on any atom is 0.262 e. The van der Waals surface area contributed by atoms with Crippen LogP contribution in [0.3, 0.4) is 0 Å². The molecule has 0 amide bonds. The second-order valence-electron chi connectivity index (χ2n) is 4.63. The van der Waals surface area contributed by atoms with Crippen LogP contribution in [0.4, 0.5) is 0 Å². The Morgan fingerprint density at radius 1 is 1.05 bits per heavy atom. The summed E-state index contributed by atoms with van der Waals surface area (Å²) in [6, 6.07) is 13.1. The van der Waals surface area contributed by atoms with E-state index in [1.54, 1.807) is 29.2 Å². The average molecular weight is 281 g/mol. The number of benzene rings is 1. The molecule has 106 valence electrons. The van der Waals surface area contributed by atoms with Crippen LogP contribution in [0.2, 0.25) is 0 Å². The van der Waals surface area contributed by atoms with Crippen molar-refractivity contribution in [2.24, 2.45) is 0 Å². The molecule has 0 saturated carbocycles. The van der Waals surface area contributed by atoms with Gasteiger partial charge in [0.2, 0.25) is 0 Å². The minimum atomic E-state index is -0.0622. The van der Waals surface area contributed by atoms with Gasteiger partial charge in [0, 0.05) is 12.7 Å². The van der Waals surface area contributed by atoms with Gasteiger partial charge in [0.15, 0.2) is 5.65 Å². The van der Waals surface area contributed by atoms with Gasteiger partial charge in [-0.15, -0.1) is 0 Å². The Balaban J connectivity index is 1.63. The lowest BCUT2D eigenvalue weighted by molar-refractivity contribution is 0.301. The van der Waals surface area contributed by atoms with Crippen molar-refractivity contribution >= 4 is 11.0 Å². The van der Waals surface area contributed by atoms with Crippen LogP contribution in [-0.4, -0.2) is 21.1 Å². The van der Waals surface area contributed by atoms with Crippen LogP contribution < -0.4 is 10.3 Å². The second-order valence-corrected chi connectivity index (χ2v) is 4.63. The third-order valence-corrected chi connectivity index (χ3v) is 3.15. The standard InChI is InChI=1S/C16H15N3O2/c20-16-14-8-4-9-17-15(14)18-12-19(16)10-5-11-21-13-6-2-1-3-7-13/h1-4,6-9,12H,5,10-11H2. The van der Waals surface area contributed by atoms with Gasteiger partial charge in [-0.2, -0.15) is 0 Å². The van der Waals surface area contributed by atoms with E-state index in [1.165, 1.54) is 0 Å². The molecule has 0 spiro atoms. The number of nitrogens with zero attached hydrogens (tertiary/aromatic N) is 3. The van der Waals surface area contributed by atoms with Gasteiger partial charge in [0.05, 0.1) is 18.3 Å². The van der Waals surface area contributed by atoms with Crippen molar-refractivity contribution in [3.8, 4) is 5.75 Å². The van der Waals surface area contributed by atoms with E-state index in [2.05, 4.69) is 9.97 Å². The molecule has 2 heterocycles. The minimum absolute atomic E-state index is 0.0622. The van der Waals surface area contributed by atoms with E-state index in [9.17, 15) is 4.79 Å². The summed E-state index contributed by atoms with van der Waals surface area (Å²) in [5, 5.41) is 0.545. The number of hydrogen-bond acceptors (Lipinski definition) is 4. The zero-order valence-electron chi connectivity index (χ0n) is 11.5. The van der Waals surface area contributed by atoms with Crippen molar-refractivity contribution < 1.29 is 4.74 Å². The molecule has 3 rings (SSSR count). The molecule has 0 aliphatic rings. The molecular weight excluding hydrogens is 266 g/mol. The average Bonchev–Trinajstić information content (AvgIpc) is 2.55. The molecule has 0 radical (unpaired) electrons. The van der Waals surface area contributed by atoms with E-state index in [-0.39, 0.29) is 5.56 Å². The molecule has 0 aliphatic carbocycles. The topological polar surface area (TPSA) is 57.0 Å². The first-order chi connectivity index (χ1) is 10.3. The number of ether oxygens (including phenoxy) is 1. The summed E-state index contributed by atoms with van der Waals surface area (Å²) < 4.78 is 7.20. The van der Waals surface area contributed by atoms with Gasteiger partial charge in [-0.05, 0) is 30.7 Å². The Bertz CT molecular complexity index is 784. The van der Waals surface area contributed by atoms with Crippen molar-refractivity contribution in [1.29, 1.82) is 0 Å². The number of aromatic nitrogens is 3. The van der Waals surface area contributed by atoms with E-state index < -0.39 is 0 Å². The molecule has 0 saturated heterocycles. The monoisotopic (exact) mass is 281 g/mol. The van der Waals surface area contributed by atoms with Crippen LogP contribution >= 0.6 is 0 Å². The highest BCUT2D eigenvalue weighted by molar-refractivity contribution is 5.72. The lowest BCUT2D eigenvalue weighted by atomic mass is 10.3. The Kier molecular flexibility index (Phi) is 3.91. The van der Waals surface area contributed by atoms with Crippen LogP contribution in [0.5, 0.6) is 5.75 Å². The number of rotatable bonds is 5. The summed E-state index contributed by atoms with van der Waals surface area (Å²) in [4.78, 5) is 20.5. The smallest absolute Gasteiger partial charge is 0.262 e. The highest BCUT2D eigenvalue weighted by Crippen LogP contribution is 2.08. The number of para-hydroxylation sites is 1. The molecular formula is C16H15N3O2. The number of pyridine rings is 1. The van der Waals surface area contributed by atoms with Crippen LogP contribution in [0.25, 0.3) is 11.0 Å². The van der Waals surface area contributed by atoms with Gasteiger partial charge in [0.25, 0.3) is 5.56 Å². The molecule has 5 nitrogen and oxygen atoms in total. The molecule has 0 aliphatic heterocycles. The molecule has 3 aromatic rings. The number of aryl methyl sites for hydroxylation is 1. The van der Waals surface area contributed by atoms with E-state index in [1.807, 2.05) is 30.3 Å². The van der Waals surface area contributed by atoms with Gasteiger partial charge in [-0.1, -0.05) is 18.2 Å². The molecule has 0 unspecified atom stereocenters. The lowest BCUT2D eigenvalue weighted by Gasteiger charge is -2.08. The zero-order valence-corrected chi connectivity index (χ0v) is 11.5. The van der Waals surface area contributed by atoms with Gasteiger partial charge in [-0.3, -0.25) is 9.36 Å². The molecule has 0 bridgehead atoms. The summed E-state index contributed by atoms with van der Waals surface area (Å²) in [6.07, 6.45) is 3.91. The molecule has 0 N–H and O–H groups in total.